The van der Waals surface area contributed by atoms with Crippen LogP contribution in [0.25, 0.3) is 0 Å². The van der Waals surface area contributed by atoms with Crippen molar-refractivity contribution in [2.24, 2.45) is 0 Å². The van der Waals surface area contributed by atoms with Gasteiger partial charge in [-0.1, -0.05) is 0 Å². The molecule has 5 heteroatoms. The molecule has 2 aromatic rings. The fraction of sp³-hybridized carbons (Fsp3) is 0.364. The summed E-state index contributed by atoms with van der Waals surface area (Å²) in [6.45, 7) is 5.89. The second-order valence-corrected chi connectivity index (χ2v) is 5.04. The van der Waals surface area contributed by atoms with Crippen molar-refractivity contribution in [3.63, 3.8) is 0 Å². The number of hydrogen-bond donors (Lipinski definition) is 1. The molecule has 0 aliphatic heterocycles. The lowest BCUT2D eigenvalue weighted by Crippen LogP contribution is -2.00. The monoisotopic (exact) mass is 234 g/mol. The average Bonchev–Trinajstić information content (AvgIpc) is 2.43. The maximum absolute atomic E-state index is 5.69. The van der Waals surface area contributed by atoms with Gasteiger partial charge in [0, 0.05) is 17.4 Å². The van der Waals surface area contributed by atoms with Crippen LogP contribution in [-0.4, -0.2) is 15.0 Å². The van der Waals surface area contributed by atoms with E-state index >= 15 is 0 Å². The summed E-state index contributed by atoms with van der Waals surface area (Å²) in [6.07, 6.45) is 0.783. The minimum absolute atomic E-state index is 0.529. The second kappa shape index (κ2) is 4.17. The number of thiazole rings is 1. The molecular weight excluding hydrogens is 220 g/mol. The van der Waals surface area contributed by atoms with Crippen molar-refractivity contribution in [1.82, 2.24) is 15.0 Å². The Labute approximate surface area is 98.6 Å². The zero-order chi connectivity index (χ0) is 11.7. The standard InChI is InChI=1S/C11H14N4S/c1-6-10(16-8(3)13-6)4-9-5-11(12)15-7(2)14-9/h5H,4H2,1-3H3,(H2,12,14,15). The lowest BCUT2D eigenvalue weighted by atomic mass is 10.2. The highest BCUT2D eigenvalue weighted by Crippen LogP contribution is 2.20. The largest absolute Gasteiger partial charge is 0.384 e. The Bertz CT molecular complexity index is 498. The molecule has 2 heterocycles. The minimum Gasteiger partial charge on any atom is -0.384 e. The Hall–Kier alpha value is -1.49. The summed E-state index contributed by atoms with van der Waals surface area (Å²) in [7, 11) is 0. The number of anilines is 1. The smallest absolute Gasteiger partial charge is 0.127 e. The normalized spacial score (nSPS) is 10.7. The quantitative estimate of drug-likeness (QED) is 0.863. The van der Waals surface area contributed by atoms with Crippen LogP contribution in [0.2, 0.25) is 0 Å². The van der Waals surface area contributed by atoms with Crippen molar-refractivity contribution in [2.45, 2.75) is 27.2 Å². The zero-order valence-corrected chi connectivity index (χ0v) is 10.4. The van der Waals surface area contributed by atoms with E-state index in [2.05, 4.69) is 15.0 Å². The van der Waals surface area contributed by atoms with E-state index in [1.807, 2.05) is 26.8 Å². The molecule has 84 valence electrons. The van der Waals surface area contributed by atoms with Crippen molar-refractivity contribution in [2.75, 3.05) is 5.73 Å². The molecule has 0 aliphatic rings. The molecule has 2 rings (SSSR count). The molecule has 0 aliphatic carbocycles. The summed E-state index contributed by atoms with van der Waals surface area (Å²) >= 11 is 1.71. The van der Waals surface area contributed by atoms with Gasteiger partial charge < -0.3 is 5.73 Å². The van der Waals surface area contributed by atoms with Crippen LogP contribution in [-0.2, 0) is 6.42 Å². The van der Waals surface area contributed by atoms with Crippen molar-refractivity contribution in [3.05, 3.63) is 33.2 Å². The van der Waals surface area contributed by atoms with E-state index in [-0.39, 0.29) is 0 Å². The highest BCUT2D eigenvalue weighted by molar-refractivity contribution is 7.11. The van der Waals surface area contributed by atoms with Gasteiger partial charge >= 0.3 is 0 Å². The fourth-order valence-corrected chi connectivity index (χ4v) is 2.60. The highest BCUT2D eigenvalue weighted by atomic mass is 32.1. The first kappa shape index (κ1) is 11.0. The maximum atomic E-state index is 5.69. The summed E-state index contributed by atoms with van der Waals surface area (Å²) in [5.74, 6) is 1.25. The summed E-state index contributed by atoms with van der Waals surface area (Å²) < 4.78 is 0. The molecule has 2 aromatic heterocycles. The molecule has 16 heavy (non-hydrogen) atoms. The van der Waals surface area contributed by atoms with Crippen LogP contribution < -0.4 is 5.73 Å². The van der Waals surface area contributed by atoms with E-state index in [0.29, 0.717) is 11.6 Å². The number of hydrogen-bond acceptors (Lipinski definition) is 5. The van der Waals surface area contributed by atoms with Gasteiger partial charge in [-0.3, -0.25) is 0 Å². The number of aromatic nitrogens is 3. The molecule has 0 aromatic carbocycles. The average molecular weight is 234 g/mol. The third-order valence-electron chi connectivity index (χ3n) is 2.25. The molecule has 0 amide bonds. The van der Waals surface area contributed by atoms with E-state index in [0.717, 1.165) is 22.8 Å². The Balaban J connectivity index is 2.30. The van der Waals surface area contributed by atoms with Crippen LogP contribution in [0.3, 0.4) is 0 Å². The molecule has 4 nitrogen and oxygen atoms in total. The lowest BCUT2D eigenvalue weighted by Gasteiger charge is -2.02. The van der Waals surface area contributed by atoms with E-state index in [1.165, 1.54) is 4.88 Å². The van der Waals surface area contributed by atoms with Gasteiger partial charge in [0.2, 0.25) is 0 Å². The maximum Gasteiger partial charge on any atom is 0.127 e. The van der Waals surface area contributed by atoms with Crippen LogP contribution in [0.15, 0.2) is 6.07 Å². The van der Waals surface area contributed by atoms with Crippen LogP contribution >= 0.6 is 11.3 Å². The van der Waals surface area contributed by atoms with Crippen molar-refractivity contribution in [3.8, 4) is 0 Å². The molecule has 0 radical (unpaired) electrons. The summed E-state index contributed by atoms with van der Waals surface area (Å²) in [5.41, 5.74) is 7.73. The molecule has 0 spiro atoms. The third kappa shape index (κ3) is 2.36. The number of rotatable bonds is 2. The summed E-state index contributed by atoms with van der Waals surface area (Å²) in [4.78, 5) is 14.1. The molecule has 0 saturated heterocycles. The number of nitrogens with two attached hydrogens (primary N) is 1. The van der Waals surface area contributed by atoms with Gasteiger partial charge in [0.05, 0.1) is 16.4 Å². The molecule has 0 bridgehead atoms. The number of aryl methyl sites for hydroxylation is 3. The van der Waals surface area contributed by atoms with Crippen LogP contribution in [0.4, 0.5) is 5.82 Å². The number of nitrogens with zero attached hydrogens (tertiary/aromatic N) is 3. The Morgan fingerprint density at radius 3 is 2.50 bits per heavy atom. The Morgan fingerprint density at radius 2 is 1.94 bits per heavy atom. The van der Waals surface area contributed by atoms with E-state index in [9.17, 15) is 0 Å². The van der Waals surface area contributed by atoms with Crippen molar-refractivity contribution in [1.29, 1.82) is 0 Å². The van der Waals surface area contributed by atoms with Gasteiger partial charge in [0.15, 0.2) is 0 Å². The SMILES string of the molecule is Cc1nc(N)cc(Cc2sc(C)nc2C)n1. The van der Waals surface area contributed by atoms with Crippen LogP contribution in [0, 0.1) is 20.8 Å². The van der Waals surface area contributed by atoms with Gasteiger partial charge in [0.25, 0.3) is 0 Å². The highest BCUT2D eigenvalue weighted by Gasteiger charge is 2.07. The Kier molecular flexibility index (Phi) is 2.87. The molecule has 0 unspecified atom stereocenters. The van der Waals surface area contributed by atoms with Gasteiger partial charge in [-0.25, -0.2) is 15.0 Å². The molecule has 2 N–H and O–H groups in total. The van der Waals surface area contributed by atoms with Gasteiger partial charge in [0.1, 0.15) is 11.6 Å². The van der Waals surface area contributed by atoms with E-state index in [4.69, 9.17) is 5.73 Å². The van der Waals surface area contributed by atoms with Crippen LogP contribution in [0.1, 0.15) is 27.1 Å². The first-order valence-corrected chi connectivity index (χ1v) is 5.89. The third-order valence-corrected chi connectivity index (χ3v) is 3.32. The topological polar surface area (TPSA) is 64.7 Å². The first-order chi connectivity index (χ1) is 7.54. The summed E-state index contributed by atoms with van der Waals surface area (Å²) in [5, 5.41) is 1.09. The number of nitrogen functional groups attached to an aromatic ring is 1. The Morgan fingerprint density at radius 1 is 1.19 bits per heavy atom. The summed E-state index contributed by atoms with van der Waals surface area (Å²) in [6, 6.07) is 1.82. The predicted molar refractivity (Wildman–Crippen MR) is 65.6 cm³/mol. The fourth-order valence-electron chi connectivity index (χ4n) is 1.65. The van der Waals surface area contributed by atoms with E-state index in [1.54, 1.807) is 11.3 Å². The molecule has 0 atom stereocenters. The van der Waals surface area contributed by atoms with Crippen molar-refractivity contribution < 1.29 is 0 Å². The second-order valence-electron chi connectivity index (χ2n) is 3.75. The van der Waals surface area contributed by atoms with Crippen molar-refractivity contribution >= 4 is 17.2 Å². The van der Waals surface area contributed by atoms with Gasteiger partial charge in [-0.15, -0.1) is 11.3 Å². The van der Waals surface area contributed by atoms with E-state index < -0.39 is 0 Å². The first-order valence-electron chi connectivity index (χ1n) is 5.07. The zero-order valence-electron chi connectivity index (χ0n) is 9.61. The minimum atomic E-state index is 0.529. The van der Waals surface area contributed by atoms with Gasteiger partial charge in [-0.05, 0) is 20.8 Å². The molecular formula is C11H14N4S. The predicted octanol–water partition coefficient (Wildman–Crippen LogP) is 2.03. The molecule has 0 fully saturated rings. The molecule has 0 saturated carbocycles. The lowest BCUT2D eigenvalue weighted by molar-refractivity contribution is 0.974. The van der Waals surface area contributed by atoms with Crippen LogP contribution in [0.5, 0.6) is 0 Å². The van der Waals surface area contributed by atoms with Gasteiger partial charge in [-0.2, -0.15) is 0 Å².